The molecule has 6 heteroatoms. The van der Waals surface area contributed by atoms with Gasteiger partial charge in [-0.3, -0.25) is 0 Å². The van der Waals surface area contributed by atoms with E-state index < -0.39 is 0 Å². The standard InChI is InChI=1S/C15H9Br2FN2O/c16-10-3-1-2-8(4-10)13-14(20-21-15(13)19)9-5-11(17)7-12(18)6-9/h1-7H,19H2. The Morgan fingerprint density at radius 3 is 2.48 bits per heavy atom. The van der Waals surface area contributed by atoms with Gasteiger partial charge in [0.15, 0.2) is 0 Å². The second-order valence-corrected chi connectivity index (χ2v) is 6.27. The van der Waals surface area contributed by atoms with E-state index in [-0.39, 0.29) is 11.7 Å². The molecule has 0 saturated heterocycles. The summed E-state index contributed by atoms with van der Waals surface area (Å²) in [4.78, 5) is 0. The molecular weight excluding hydrogens is 403 g/mol. The number of rotatable bonds is 2. The van der Waals surface area contributed by atoms with Gasteiger partial charge in [-0.1, -0.05) is 49.1 Å². The molecule has 3 nitrogen and oxygen atoms in total. The van der Waals surface area contributed by atoms with Crippen molar-refractivity contribution in [3.63, 3.8) is 0 Å². The number of aromatic nitrogens is 1. The zero-order chi connectivity index (χ0) is 15.0. The lowest BCUT2D eigenvalue weighted by Crippen LogP contribution is -1.89. The van der Waals surface area contributed by atoms with Crippen LogP contribution < -0.4 is 5.73 Å². The number of hydrogen-bond acceptors (Lipinski definition) is 3. The molecule has 1 heterocycles. The Balaban J connectivity index is 2.21. The predicted octanol–water partition coefficient (Wildman–Crippen LogP) is 5.25. The van der Waals surface area contributed by atoms with Crippen LogP contribution in [-0.2, 0) is 0 Å². The van der Waals surface area contributed by atoms with Gasteiger partial charge in [0.2, 0.25) is 5.88 Å². The van der Waals surface area contributed by atoms with E-state index in [9.17, 15) is 4.39 Å². The minimum Gasteiger partial charge on any atom is -0.367 e. The highest BCUT2D eigenvalue weighted by atomic mass is 79.9. The van der Waals surface area contributed by atoms with Crippen LogP contribution >= 0.6 is 31.9 Å². The molecule has 0 unspecified atom stereocenters. The third kappa shape index (κ3) is 2.87. The van der Waals surface area contributed by atoms with Crippen LogP contribution in [0, 0.1) is 5.82 Å². The number of nitrogen functional groups attached to an aromatic ring is 1. The quantitative estimate of drug-likeness (QED) is 0.626. The summed E-state index contributed by atoms with van der Waals surface area (Å²) < 4.78 is 20.2. The minimum atomic E-state index is -0.360. The van der Waals surface area contributed by atoms with Crippen molar-refractivity contribution in [2.45, 2.75) is 0 Å². The van der Waals surface area contributed by atoms with E-state index in [2.05, 4.69) is 37.0 Å². The van der Waals surface area contributed by atoms with Crippen LogP contribution in [0.5, 0.6) is 0 Å². The van der Waals surface area contributed by atoms with E-state index in [1.807, 2.05) is 24.3 Å². The number of nitrogens with zero attached hydrogens (tertiary/aromatic N) is 1. The number of benzene rings is 2. The van der Waals surface area contributed by atoms with Gasteiger partial charge in [-0.05, 0) is 35.9 Å². The Morgan fingerprint density at radius 2 is 1.76 bits per heavy atom. The highest BCUT2D eigenvalue weighted by Crippen LogP contribution is 2.38. The summed E-state index contributed by atoms with van der Waals surface area (Å²) in [6.07, 6.45) is 0. The molecule has 0 aliphatic carbocycles. The van der Waals surface area contributed by atoms with E-state index in [1.54, 1.807) is 6.07 Å². The second-order valence-electron chi connectivity index (χ2n) is 4.44. The summed E-state index contributed by atoms with van der Waals surface area (Å²) in [5.74, 6) is -0.162. The maximum Gasteiger partial charge on any atom is 0.230 e. The van der Waals surface area contributed by atoms with Crippen molar-refractivity contribution in [3.05, 3.63) is 57.2 Å². The van der Waals surface area contributed by atoms with Crippen molar-refractivity contribution < 1.29 is 8.91 Å². The molecule has 0 aliphatic heterocycles. The highest BCUT2D eigenvalue weighted by Gasteiger charge is 2.18. The van der Waals surface area contributed by atoms with E-state index in [0.717, 1.165) is 10.0 Å². The average molecular weight is 412 g/mol. The highest BCUT2D eigenvalue weighted by molar-refractivity contribution is 9.10. The van der Waals surface area contributed by atoms with Gasteiger partial charge in [-0.2, -0.15) is 0 Å². The lowest BCUT2D eigenvalue weighted by molar-refractivity contribution is 0.439. The van der Waals surface area contributed by atoms with Gasteiger partial charge in [-0.15, -0.1) is 0 Å². The maximum atomic E-state index is 13.6. The molecular formula is C15H9Br2FN2O. The van der Waals surface area contributed by atoms with Gasteiger partial charge >= 0.3 is 0 Å². The fourth-order valence-corrected chi connectivity index (χ4v) is 2.98. The summed E-state index contributed by atoms with van der Waals surface area (Å²) in [6.45, 7) is 0. The first-order valence-electron chi connectivity index (χ1n) is 6.02. The SMILES string of the molecule is Nc1onc(-c2cc(F)cc(Br)c2)c1-c1cccc(Br)c1. The third-order valence-electron chi connectivity index (χ3n) is 2.97. The fraction of sp³-hybridized carbons (Fsp3) is 0. The Morgan fingerprint density at radius 1 is 1.00 bits per heavy atom. The fourth-order valence-electron chi connectivity index (χ4n) is 2.11. The van der Waals surface area contributed by atoms with Gasteiger partial charge in [0, 0.05) is 14.5 Å². The van der Waals surface area contributed by atoms with Crippen LogP contribution in [0.3, 0.4) is 0 Å². The molecule has 0 saturated carbocycles. The number of nitrogens with two attached hydrogens (primary N) is 1. The molecule has 0 spiro atoms. The Labute approximate surface area is 137 Å². The normalized spacial score (nSPS) is 10.8. The van der Waals surface area contributed by atoms with E-state index in [0.29, 0.717) is 21.3 Å². The summed E-state index contributed by atoms with van der Waals surface area (Å²) in [6, 6.07) is 12.1. The van der Waals surface area contributed by atoms with Crippen LogP contribution in [0.25, 0.3) is 22.4 Å². The maximum absolute atomic E-state index is 13.6. The van der Waals surface area contributed by atoms with Crippen molar-refractivity contribution in [1.82, 2.24) is 5.16 Å². The average Bonchev–Trinajstić information content (AvgIpc) is 2.79. The molecule has 3 aromatic rings. The van der Waals surface area contributed by atoms with Crippen LogP contribution in [0.4, 0.5) is 10.3 Å². The van der Waals surface area contributed by atoms with E-state index >= 15 is 0 Å². The first-order chi connectivity index (χ1) is 10.0. The Hall–Kier alpha value is -1.66. The monoisotopic (exact) mass is 410 g/mol. The van der Waals surface area contributed by atoms with Crippen molar-refractivity contribution in [1.29, 1.82) is 0 Å². The number of anilines is 1. The smallest absolute Gasteiger partial charge is 0.230 e. The number of halogens is 3. The van der Waals surface area contributed by atoms with Crippen molar-refractivity contribution in [3.8, 4) is 22.4 Å². The summed E-state index contributed by atoms with van der Waals surface area (Å²) in [5, 5.41) is 3.97. The van der Waals surface area contributed by atoms with E-state index in [4.69, 9.17) is 10.3 Å². The van der Waals surface area contributed by atoms with Gasteiger partial charge in [0.1, 0.15) is 11.5 Å². The van der Waals surface area contributed by atoms with Crippen LogP contribution in [0.1, 0.15) is 0 Å². The second kappa shape index (κ2) is 5.61. The molecule has 106 valence electrons. The summed E-state index contributed by atoms with van der Waals surface area (Å²) in [5.41, 5.74) is 8.48. The lowest BCUT2D eigenvalue weighted by atomic mass is 10.0. The largest absolute Gasteiger partial charge is 0.367 e. The van der Waals surface area contributed by atoms with Crippen molar-refractivity contribution in [2.75, 3.05) is 5.73 Å². The molecule has 0 bridgehead atoms. The minimum absolute atomic E-state index is 0.198. The summed E-state index contributed by atoms with van der Waals surface area (Å²) >= 11 is 6.69. The van der Waals surface area contributed by atoms with E-state index in [1.165, 1.54) is 12.1 Å². The van der Waals surface area contributed by atoms with Crippen LogP contribution in [0.15, 0.2) is 55.9 Å². The van der Waals surface area contributed by atoms with Gasteiger partial charge in [-0.25, -0.2) is 4.39 Å². The Bertz CT molecular complexity index is 797. The Kier molecular flexibility index (Phi) is 3.82. The molecule has 0 amide bonds. The third-order valence-corrected chi connectivity index (χ3v) is 3.92. The van der Waals surface area contributed by atoms with Crippen LogP contribution in [0.2, 0.25) is 0 Å². The first kappa shape index (κ1) is 14.3. The van der Waals surface area contributed by atoms with Gasteiger partial charge in [0.05, 0.1) is 5.56 Å². The molecule has 0 fully saturated rings. The summed E-state index contributed by atoms with van der Waals surface area (Å²) in [7, 11) is 0. The molecule has 2 aromatic carbocycles. The molecule has 2 N–H and O–H groups in total. The van der Waals surface area contributed by atoms with Crippen molar-refractivity contribution in [2.24, 2.45) is 0 Å². The first-order valence-corrected chi connectivity index (χ1v) is 7.61. The molecule has 0 aliphatic rings. The molecule has 1 aromatic heterocycles. The topological polar surface area (TPSA) is 52.0 Å². The van der Waals surface area contributed by atoms with Crippen LogP contribution in [-0.4, -0.2) is 5.16 Å². The molecule has 0 atom stereocenters. The molecule has 3 rings (SSSR count). The van der Waals surface area contributed by atoms with Gasteiger partial charge < -0.3 is 10.3 Å². The lowest BCUT2D eigenvalue weighted by Gasteiger charge is -2.04. The number of hydrogen-bond donors (Lipinski definition) is 1. The zero-order valence-corrected chi connectivity index (χ0v) is 13.8. The predicted molar refractivity (Wildman–Crippen MR) is 87.1 cm³/mol. The van der Waals surface area contributed by atoms with Gasteiger partial charge in [0.25, 0.3) is 0 Å². The zero-order valence-electron chi connectivity index (χ0n) is 10.6. The van der Waals surface area contributed by atoms with Crippen molar-refractivity contribution >= 4 is 37.7 Å². The molecule has 0 radical (unpaired) electrons. The molecule has 21 heavy (non-hydrogen) atoms.